The minimum atomic E-state index is -4.48. The molecule has 0 aliphatic heterocycles. The van der Waals surface area contributed by atoms with Crippen molar-refractivity contribution in [2.24, 2.45) is 0 Å². The fourth-order valence-corrected chi connectivity index (χ4v) is 2.66. The summed E-state index contributed by atoms with van der Waals surface area (Å²) in [6, 6.07) is 3.62. The quantitative estimate of drug-likeness (QED) is 0.350. The van der Waals surface area contributed by atoms with Crippen molar-refractivity contribution in [3.63, 3.8) is 0 Å². The Labute approximate surface area is 143 Å². The van der Waals surface area contributed by atoms with Crippen molar-refractivity contribution in [2.75, 3.05) is 17.6 Å². The van der Waals surface area contributed by atoms with Crippen LogP contribution in [0.2, 0.25) is 5.02 Å². The molecular weight excluding hydrogens is 369 g/mol. The number of hydrogen-bond donors (Lipinski definition) is 1. The number of hydrogen-bond acceptors (Lipinski definition) is 6. The Morgan fingerprint density at radius 2 is 2.04 bits per heavy atom. The second kappa shape index (κ2) is 7.67. The van der Waals surface area contributed by atoms with Crippen LogP contribution in [0.1, 0.15) is 5.56 Å². The van der Waals surface area contributed by atoms with Crippen molar-refractivity contribution in [2.45, 2.75) is 11.2 Å². The molecule has 2 rings (SSSR count). The van der Waals surface area contributed by atoms with Crippen LogP contribution >= 0.6 is 23.4 Å². The fourth-order valence-electron chi connectivity index (χ4n) is 1.61. The Hall–Kier alpha value is -2.07. The molecule has 0 fully saturated rings. The van der Waals surface area contributed by atoms with Crippen molar-refractivity contribution < 1.29 is 18.1 Å². The van der Waals surface area contributed by atoms with E-state index in [2.05, 4.69) is 15.3 Å². The molecule has 0 saturated carbocycles. The number of alkyl halides is 3. The van der Waals surface area contributed by atoms with Crippen LogP contribution in [-0.4, -0.2) is 27.2 Å². The molecule has 11 heteroatoms. The number of pyridine rings is 2. The molecule has 0 bridgehead atoms. The van der Waals surface area contributed by atoms with Gasteiger partial charge in [0.1, 0.15) is 17.0 Å². The highest BCUT2D eigenvalue weighted by molar-refractivity contribution is 7.99. The molecule has 0 spiro atoms. The number of thioether (sulfide) groups is 1. The van der Waals surface area contributed by atoms with Crippen LogP contribution < -0.4 is 5.32 Å². The van der Waals surface area contributed by atoms with Crippen molar-refractivity contribution in [3.05, 3.63) is 51.3 Å². The Morgan fingerprint density at radius 1 is 1.29 bits per heavy atom. The van der Waals surface area contributed by atoms with E-state index in [9.17, 15) is 23.3 Å². The molecule has 128 valence electrons. The molecule has 6 nitrogen and oxygen atoms in total. The summed E-state index contributed by atoms with van der Waals surface area (Å²) in [4.78, 5) is 17.5. The summed E-state index contributed by atoms with van der Waals surface area (Å²) in [5.41, 5.74) is -1.01. The average molecular weight is 379 g/mol. The van der Waals surface area contributed by atoms with E-state index < -0.39 is 16.7 Å². The number of nitrogens with one attached hydrogen (secondary N) is 1. The van der Waals surface area contributed by atoms with Crippen LogP contribution in [0.5, 0.6) is 0 Å². The van der Waals surface area contributed by atoms with Crippen LogP contribution in [0.15, 0.2) is 35.6 Å². The van der Waals surface area contributed by atoms with E-state index in [1.54, 1.807) is 0 Å². The predicted octanol–water partition coefficient (Wildman–Crippen LogP) is 4.26. The van der Waals surface area contributed by atoms with Gasteiger partial charge in [-0.1, -0.05) is 11.6 Å². The highest BCUT2D eigenvalue weighted by Crippen LogP contribution is 2.33. The molecular formula is C13H10ClF3N4O2S. The lowest BCUT2D eigenvalue weighted by molar-refractivity contribution is -0.385. The maximum Gasteiger partial charge on any atom is 0.417 e. The monoisotopic (exact) mass is 378 g/mol. The molecule has 0 aliphatic carbocycles. The van der Waals surface area contributed by atoms with Crippen molar-refractivity contribution in [1.82, 2.24) is 9.97 Å². The Balaban J connectivity index is 1.85. The SMILES string of the molecule is O=[N+]([O-])c1ccc(NCCSc2ncc(C(F)(F)F)cc2Cl)nc1. The molecule has 0 atom stereocenters. The molecule has 2 aromatic heterocycles. The van der Waals surface area contributed by atoms with E-state index in [1.807, 2.05) is 0 Å². The first kappa shape index (κ1) is 18.3. The third-order valence-electron chi connectivity index (χ3n) is 2.74. The zero-order valence-electron chi connectivity index (χ0n) is 11.9. The van der Waals surface area contributed by atoms with Gasteiger partial charge in [-0.15, -0.1) is 11.8 Å². The number of aromatic nitrogens is 2. The summed E-state index contributed by atoms with van der Waals surface area (Å²) in [5, 5.41) is 13.7. The smallest absolute Gasteiger partial charge is 0.369 e. The van der Waals surface area contributed by atoms with Gasteiger partial charge in [0.25, 0.3) is 5.69 Å². The Kier molecular flexibility index (Phi) is 5.84. The number of anilines is 1. The minimum absolute atomic E-state index is 0.0664. The van der Waals surface area contributed by atoms with Gasteiger partial charge in [0.05, 0.1) is 15.5 Å². The first-order valence-electron chi connectivity index (χ1n) is 6.47. The van der Waals surface area contributed by atoms with E-state index in [-0.39, 0.29) is 10.7 Å². The van der Waals surface area contributed by atoms with Gasteiger partial charge in [0.15, 0.2) is 0 Å². The highest BCUT2D eigenvalue weighted by Gasteiger charge is 2.31. The van der Waals surface area contributed by atoms with Gasteiger partial charge in [-0.3, -0.25) is 10.1 Å². The van der Waals surface area contributed by atoms with Gasteiger partial charge in [-0.2, -0.15) is 13.2 Å². The molecule has 0 amide bonds. The van der Waals surface area contributed by atoms with Gasteiger partial charge < -0.3 is 5.32 Å². The highest BCUT2D eigenvalue weighted by atomic mass is 35.5. The number of nitro groups is 1. The largest absolute Gasteiger partial charge is 0.417 e. The summed E-state index contributed by atoms with van der Waals surface area (Å²) in [6.45, 7) is 0.425. The second-order valence-electron chi connectivity index (χ2n) is 4.44. The van der Waals surface area contributed by atoms with E-state index in [0.29, 0.717) is 23.1 Å². The lowest BCUT2D eigenvalue weighted by Crippen LogP contribution is -2.07. The third-order valence-corrected chi connectivity index (χ3v) is 4.15. The van der Waals surface area contributed by atoms with Crippen molar-refractivity contribution >= 4 is 34.9 Å². The van der Waals surface area contributed by atoms with Gasteiger partial charge >= 0.3 is 6.18 Å². The van der Waals surface area contributed by atoms with Crippen LogP contribution in [0.3, 0.4) is 0 Å². The van der Waals surface area contributed by atoms with E-state index in [4.69, 9.17) is 11.6 Å². The zero-order chi connectivity index (χ0) is 17.7. The second-order valence-corrected chi connectivity index (χ2v) is 5.93. The van der Waals surface area contributed by atoms with Crippen LogP contribution in [0.4, 0.5) is 24.7 Å². The third kappa shape index (κ3) is 4.96. The first-order chi connectivity index (χ1) is 11.3. The Bertz CT molecular complexity index is 728. The van der Waals surface area contributed by atoms with E-state index >= 15 is 0 Å². The standard InChI is InChI=1S/C13H10ClF3N4O2S/c14-10-5-8(13(15,16)17)6-20-12(10)24-4-3-18-11-2-1-9(7-19-11)21(22)23/h1-2,5-7H,3-4H2,(H,18,19). The summed E-state index contributed by atoms with van der Waals surface area (Å²) in [7, 11) is 0. The van der Waals surface area contributed by atoms with Crippen LogP contribution in [0, 0.1) is 10.1 Å². The molecule has 24 heavy (non-hydrogen) atoms. The predicted molar refractivity (Wildman–Crippen MR) is 84.4 cm³/mol. The molecule has 0 aliphatic rings. The normalized spacial score (nSPS) is 11.3. The molecule has 1 N–H and O–H groups in total. The summed E-state index contributed by atoms with van der Waals surface area (Å²) in [6.07, 6.45) is -2.62. The molecule has 2 aromatic rings. The number of halogens is 4. The van der Waals surface area contributed by atoms with Gasteiger partial charge in [0.2, 0.25) is 0 Å². The molecule has 0 aromatic carbocycles. The zero-order valence-corrected chi connectivity index (χ0v) is 13.5. The molecule has 0 saturated heterocycles. The topological polar surface area (TPSA) is 81.0 Å². The van der Waals surface area contributed by atoms with E-state index in [0.717, 1.165) is 18.5 Å². The maximum atomic E-state index is 12.5. The fraction of sp³-hybridized carbons (Fsp3) is 0.231. The van der Waals surface area contributed by atoms with Crippen molar-refractivity contribution in [3.8, 4) is 0 Å². The summed E-state index contributed by atoms with van der Waals surface area (Å²) >= 11 is 6.98. The van der Waals surface area contributed by atoms with E-state index in [1.165, 1.54) is 23.9 Å². The molecule has 0 unspecified atom stereocenters. The Morgan fingerprint density at radius 3 is 2.58 bits per heavy atom. The number of nitrogens with zero attached hydrogens (tertiary/aromatic N) is 3. The van der Waals surface area contributed by atoms with Crippen LogP contribution in [0.25, 0.3) is 0 Å². The first-order valence-corrected chi connectivity index (χ1v) is 7.83. The van der Waals surface area contributed by atoms with Gasteiger partial charge in [-0.25, -0.2) is 9.97 Å². The maximum absolute atomic E-state index is 12.5. The molecule has 0 radical (unpaired) electrons. The lowest BCUT2D eigenvalue weighted by atomic mass is 10.3. The van der Waals surface area contributed by atoms with Gasteiger partial charge in [-0.05, 0) is 12.1 Å². The number of rotatable bonds is 6. The van der Waals surface area contributed by atoms with Gasteiger partial charge in [0, 0.05) is 24.6 Å². The average Bonchev–Trinajstić information content (AvgIpc) is 2.52. The minimum Gasteiger partial charge on any atom is -0.369 e. The summed E-state index contributed by atoms with van der Waals surface area (Å²) in [5.74, 6) is 0.921. The molecule has 2 heterocycles. The van der Waals surface area contributed by atoms with Crippen molar-refractivity contribution in [1.29, 1.82) is 0 Å². The van der Waals surface area contributed by atoms with Crippen LogP contribution in [-0.2, 0) is 6.18 Å². The lowest BCUT2D eigenvalue weighted by Gasteiger charge is -2.09. The summed E-state index contributed by atoms with van der Waals surface area (Å²) < 4.78 is 37.5.